The quantitative estimate of drug-likeness (QED) is 0.787. The molecule has 1 fully saturated rings. The highest BCUT2D eigenvalue weighted by atomic mass is 19.2. The molecule has 25 heavy (non-hydrogen) atoms. The van der Waals surface area contributed by atoms with Crippen LogP contribution in [0.3, 0.4) is 0 Å². The van der Waals surface area contributed by atoms with Crippen LogP contribution < -0.4 is 0 Å². The van der Waals surface area contributed by atoms with Crippen LogP contribution in [0, 0.1) is 17.6 Å². The van der Waals surface area contributed by atoms with E-state index in [-0.39, 0.29) is 35.4 Å². The van der Waals surface area contributed by atoms with Crippen molar-refractivity contribution in [2.24, 2.45) is 5.92 Å². The summed E-state index contributed by atoms with van der Waals surface area (Å²) >= 11 is 0. The number of likely N-dealkylation sites (tertiary alicyclic amines) is 1. The van der Waals surface area contributed by atoms with Crippen LogP contribution in [0.4, 0.5) is 8.78 Å². The first-order valence-electron chi connectivity index (χ1n) is 8.86. The van der Waals surface area contributed by atoms with Crippen LogP contribution in [-0.2, 0) is 4.79 Å². The Morgan fingerprint density at radius 2 is 1.68 bits per heavy atom. The number of nitrogens with zero attached hydrogens (tertiary/aromatic N) is 2. The second-order valence-electron chi connectivity index (χ2n) is 6.80. The molecule has 0 aliphatic carbocycles. The molecule has 1 aliphatic rings. The van der Waals surface area contributed by atoms with Crippen LogP contribution in [0.25, 0.3) is 0 Å². The van der Waals surface area contributed by atoms with Crippen LogP contribution >= 0.6 is 0 Å². The van der Waals surface area contributed by atoms with Gasteiger partial charge in [-0.25, -0.2) is 8.78 Å². The molecule has 2 rings (SSSR count). The summed E-state index contributed by atoms with van der Waals surface area (Å²) in [6.45, 7) is 8.81. The fourth-order valence-electron chi connectivity index (χ4n) is 3.09. The van der Waals surface area contributed by atoms with Crippen LogP contribution in [0.1, 0.15) is 50.9 Å². The van der Waals surface area contributed by atoms with E-state index in [4.69, 9.17) is 0 Å². The molecule has 2 atom stereocenters. The topological polar surface area (TPSA) is 40.6 Å². The van der Waals surface area contributed by atoms with Gasteiger partial charge >= 0.3 is 0 Å². The third-order valence-electron chi connectivity index (χ3n) is 5.07. The molecular weight excluding hydrogens is 326 g/mol. The van der Waals surface area contributed by atoms with Gasteiger partial charge in [0.15, 0.2) is 11.6 Å². The Labute approximate surface area is 147 Å². The number of carbonyl (C=O) groups is 2. The zero-order valence-electron chi connectivity index (χ0n) is 15.3. The maximum Gasteiger partial charge on any atom is 0.254 e. The second-order valence-corrected chi connectivity index (χ2v) is 6.80. The zero-order chi connectivity index (χ0) is 18.7. The van der Waals surface area contributed by atoms with Gasteiger partial charge in [0.25, 0.3) is 5.91 Å². The van der Waals surface area contributed by atoms with Crippen LogP contribution in [0.15, 0.2) is 18.2 Å². The Morgan fingerprint density at radius 1 is 1.12 bits per heavy atom. The van der Waals surface area contributed by atoms with Crippen molar-refractivity contribution < 1.29 is 18.4 Å². The van der Waals surface area contributed by atoms with E-state index in [0.717, 1.165) is 25.0 Å². The fourth-order valence-corrected chi connectivity index (χ4v) is 3.09. The van der Waals surface area contributed by atoms with Gasteiger partial charge in [0, 0.05) is 30.7 Å². The van der Waals surface area contributed by atoms with Crippen LogP contribution in [-0.4, -0.2) is 46.8 Å². The number of hydrogen-bond acceptors (Lipinski definition) is 2. The number of hydrogen-bond donors (Lipinski definition) is 0. The fraction of sp³-hybridized carbons (Fsp3) is 0.579. The summed E-state index contributed by atoms with van der Waals surface area (Å²) in [5.74, 6) is -2.55. The first-order chi connectivity index (χ1) is 11.8. The van der Waals surface area contributed by atoms with Crippen molar-refractivity contribution in [1.29, 1.82) is 0 Å². The molecule has 0 bridgehead atoms. The summed E-state index contributed by atoms with van der Waals surface area (Å²) < 4.78 is 26.3. The summed E-state index contributed by atoms with van der Waals surface area (Å²) in [5, 5.41) is 0. The summed E-state index contributed by atoms with van der Waals surface area (Å²) in [4.78, 5) is 28.5. The van der Waals surface area contributed by atoms with Crippen molar-refractivity contribution in [3.8, 4) is 0 Å². The molecule has 0 radical (unpaired) electrons. The van der Waals surface area contributed by atoms with Crippen molar-refractivity contribution in [3.05, 3.63) is 35.4 Å². The molecule has 1 heterocycles. The molecule has 1 aromatic rings. The summed E-state index contributed by atoms with van der Waals surface area (Å²) in [6, 6.07) is 3.41. The highest BCUT2D eigenvalue weighted by Gasteiger charge is 2.40. The van der Waals surface area contributed by atoms with E-state index in [1.54, 1.807) is 0 Å². The first kappa shape index (κ1) is 19.3. The lowest BCUT2D eigenvalue weighted by Gasteiger charge is -2.43. The molecule has 2 amide bonds. The Kier molecular flexibility index (Phi) is 6.14. The molecule has 1 aliphatic heterocycles. The third kappa shape index (κ3) is 3.99. The van der Waals surface area contributed by atoms with Crippen molar-refractivity contribution in [2.75, 3.05) is 13.1 Å². The average molecular weight is 352 g/mol. The highest BCUT2D eigenvalue weighted by Crippen LogP contribution is 2.24. The Morgan fingerprint density at radius 3 is 2.16 bits per heavy atom. The number of halogens is 2. The minimum absolute atomic E-state index is 0.0676. The molecule has 6 heteroatoms. The first-order valence-corrected chi connectivity index (χ1v) is 8.86. The predicted octanol–water partition coefficient (Wildman–Crippen LogP) is 3.46. The molecule has 1 saturated heterocycles. The van der Waals surface area contributed by atoms with E-state index in [0.29, 0.717) is 13.1 Å². The Hall–Kier alpha value is -1.98. The molecule has 0 N–H and O–H groups in total. The summed E-state index contributed by atoms with van der Waals surface area (Å²) in [6.07, 6.45) is 1.75. The molecule has 1 aromatic carbocycles. The van der Waals surface area contributed by atoms with Gasteiger partial charge < -0.3 is 9.80 Å². The van der Waals surface area contributed by atoms with Gasteiger partial charge in [-0.1, -0.05) is 13.8 Å². The van der Waals surface area contributed by atoms with Crippen molar-refractivity contribution in [2.45, 2.75) is 52.6 Å². The van der Waals surface area contributed by atoms with Crippen molar-refractivity contribution in [1.82, 2.24) is 9.80 Å². The second kappa shape index (κ2) is 7.93. The third-order valence-corrected chi connectivity index (χ3v) is 5.07. The maximum atomic E-state index is 13.3. The van der Waals surface area contributed by atoms with Gasteiger partial charge in [0.1, 0.15) is 0 Å². The Bertz CT molecular complexity index is 634. The van der Waals surface area contributed by atoms with Gasteiger partial charge in [-0.3, -0.25) is 9.59 Å². The van der Waals surface area contributed by atoms with Gasteiger partial charge in [0.2, 0.25) is 5.91 Å². The number of benzene rings is 1. The van der Waals surface area contributed by atoms with Crippen LogP contribution in [0.5, 0.6) is 0 Å². The lowest BCUT2D eigenvalue weighted by atomic mass is 9.95. The smallest absolute Gasteiger partial charge is 0.254 e. The van der Waals surface area contributed by atoms with Crippen molar-refractivity contribution >= 4 is 11.8 Å². The van der Waals surface area contributed by atoms with E-state index in [1.165, 1.54) is 11.0 Å². The lowest BCUT2D eigenvalue weighted by Crippen LogP contribution is -2.59. The number of rotatable bonds is 6. The zero-order valence-corrected chi connectivity index (χ0v) is 15.3. The lowest BCUT2D eigenvalue weighted by molar-refractivity contribution is -0.144. The van der Waals surface area contributed by atoms with Gasteiger partial charge in [-0.15, -0.1) is 0 Å². The molecule has 0 aromatic heterocycles. The number of carbonyl (C=O) groups excluding carboxylic acids is 2. The van der Waals surface area contributed by atoms with Crippen LogP contribution in [0.2, 0.25) is 0 Å². The minimum atomic E-state index is -1.04. The maximum absolute atomic E-state index is 13.3. The van der Waals surface area contributed by atoms with Crippen molar-refractivity contribution in [3.63, 3.8) is 0 Å². The SMILES string of the molecule is CCC(C)N(C(=O)C1CN(C(=O)c2ccc(F)c(F)c2)C1)C(C)CC. The molecule has 0 spiro atoms. The molecule has 4 nitrogen and oxygen atoms in total. The van der Waals surface area contributed by atoms with E-state index < -0.39 is 11.6 Å². The van der Waals surface area contributed by atoms with Gasteiger partial charge in [-0.05, 0) is 44.9 Å². The van der Waals surface area contributed by atoms with E-state index in [2.05, 4.69) is 0 Å². The monoisotopic (exact) mass is 352 g/mol. The van der Waals surface area contributed by atoms with Gasteiger partial charge in [0.05, 0.1) is 5.92 Å². The highest BCUT2D eigenvalue weighted by molar-refractivity contribution is 5.96. The number of amides is 2. The summed E-state index contributed by atoms with van der Waals surface area (Å²) in [7, 11) is 0. The largest absolute Gasteiger partial charge is 0.337 e. The minimum Gasteiger partial charge on any atom is -0.337 e. The van der Waals surface area contributed by atoms with Gasteiger partial charge in [-0.2, -0.15) is 0 Å². The standard InChI is InChI=1S/C19H26F2N2O2/c1-5-12(3)23(13(4)6-2)19(25)15-10-22(11-15)18(24)14-7-8-16(20)17(21)9-14/h7-9,12-13,15H,5-6,10-11H2,1-4H3. The molecule has 2 unspecified atom stereocenters. The Balaban J connectivity index is 2.01. The normalized spacial score (nSPS) is 17.0. The molecular formula is C19H26F2N2O2. The van der Waals surface area contributed by atoms with E-state index in [9.17, 15) is 18.4 Å². The predicted molar refractivity (Wildman–Crippen MR) is 92.1 cm³/mol. The average Bonchev–Trinajstić information content (AvgIpc) is 2.55. The molecule has 0 saturated carbocycles. The van der Waals surface area contributed by atoms with E-state index >= 15 is 0 Å². The van der Waals surface area contributed by atoms with E-state index in [1.807, 2.05) is 32.6 Å². The summed E-state index contributed by atoms with van der Waals surface area (Å²) in [5.41, 5.74) is 0.102. The molecule has 138 valence electrons.